The maximum atomic E-state index is 12.2. The van der Waals surface area contributed by atoms with Gasteiger partial charge in [-0.15, -0.1) is 0 Å². The number of nitrogens with one attached hydrogen (secondary N) is 1. The second kappa shape index (κ2) is 8.68. The monoisotopic (exact) mass is 385 g/mol. The van der Waals surface area contributed by atoms with Gasteiger partial charge in [0, 0.05) is 23.6 Å². The van der Waals surface area contributed by atoms with Gasteiger partial charge in [-0.2, -0.15) is 4.98 Å². The topological polar surface area (TPSA) is 77.2 Å². The van der Waals surface area contributed by atoms with E-state index >= 15 is 0 Å². The maximum absolute atomic E-state index is 12.2. The summed E-state index contributed by atoms with van der Waals surface area (Å²) in [6.45, 7) is 3.95. The molecule has 0 saturated heterocycles. The van der Waals surface area contributed by atoms with Gasteiger partial charge in [0.15, 0.2) is 6.10 Å². The zero-order chi connectivity index (χ0) is 19.2. The highest BCUT2D eigenvalue weighted by Gasteiger charge is 2.15. The Morgan fingerprint density at radius 1 is 1.26 bits per heavy atom. The zero-order valence-corrected chi connectivity index (χ0v) is 15.9. The highest BCUT2D eigenvalue weighted by Crippen LogP contribution is 2.22. The van der Waals surface area contributed by atoms with Crippen LogP contribution in [0.5, 0.6) is 5.75 Å². The average molecular weight is 386 g/mol. The quantitative estimate of drug-likeness (QED) is 0.668. The van der Waals surface area contributed by atoms with E-state index in [2.05, 4.69) is 15.5 Å². The molecule has 1 aromatic heterocycles. The smallest absolute Gasteiger partial charge is 0.260 e. The summed E-state index contributed by atoms with van der Waals surface area (Å²) in [7, 11) is 0. The number of carbonyl (C=O) groups excluding carboxylic acids is 1. The van der Waals surface area contributed by atoms with Crippen LogP contribution in [0.2, 0.25) is 5.02 Å². The number of nitrogens with zero attached hydrogens (tertiary/aromatic N) is 2. The summed E-state index contributed by atoms with van der Waals surface area (Å²) in [6, 6.07) is 14.9. The summed E-state index contributed by atoms with van der Waals surface area (Å²) in [4.78, 5) is 16.5. The average Bonchev–Trinajstić information content (AvgIpc) is 3.14. The number of hydrogen-bond donors (Lipinski definition) is 1. The van der Waals surface area contributed by atoms with Gasteiger partial charge >= 0.3 is 0 Å². The Morgan fingerprint density at radius 3 is 2.78 bits per heavy atom. The van der Waals surface area contributed by atoms with Crippen LogP contribution >= 0.6 is 11.6 Å². The first-order valence-corrected chi connectivity index (χ1v) is 8.99. The Morgan fingerprint density at radius 2 is 2.04 bits per heavy atom. The fourth-order valence-corrected chi connectivity index (χ4v) is 2.56. The molecule has 0 unspecified atom stereocenters. The minimum Gasteiger partial charge on any atom is -0.481 e. The SMILES string of the molecule is Cc1cc(O[C@@H](C)C(=O)NCCc2nc(-c3ccccc3)no2)ccc1Cl. The van der Waals surface area contributed by atoms with Crippen LogP contribution < -0.4 is 10.1 Å². The Labute approximate surface area is 162 Å². The molecule has 0 aliphatic rings. The van der Waals surface area contributed by atoms with E-state index in [4.69, 9.17) is 20.9 Å². The molecule has 6 nitrogen and oxygen atoms in total. The van der Waals surface area contributed by atoms with E-state index in [9.17, 15) is 4.79 Å². The van der Waals surface area contributed by atoms with Crippen molar-refractivity contribution in [1.82, 2.24) is 15.5 Å². The molecule has 1 amide bonds. The summed E-state index contributed by atoms with van der Waals surface area (Å²) in [6.07, 6.45) is -0.189. The molecule has 0 spiro atoms. The van der Waals surface area contributed by atoms with Crippen molar-refractivity contribution in [3.63, 3.8) is 0 Å². The first-order valence-electron chi connectivity index (χ1n) is 8.61. The Balaban J connectivity index is 1.47. The lowest BCUT2D eigenvalue weighted by molar-refractivity contribution is -0.127. The number of benzene rings is 2. The Kier molecular flexibility index (Phi) is 6.08. The van der Waals surface area contributed by atoms with E-state index in [1.165, 1.54) is 0 Å². The number of aromatic nitrogens is 2. The molecule has 0 saturated carbocycles. The summed E-state index contributed by atoms with van der Waals surface area (Å²) in [5, 5.41) is 7.43. The molecule has 1 atom stereocenters. The molecule has 1 heterocycles. The second-order valence-corrected chi connectivity index (χ2v) is 6.50. The van der Waals surface area contributed by atoms with Crippen LogP contribution in [0.25, 0.3) is 11.4 Å². The van der Waals surface area contributed by atoms with Gasteiger partial charge in [-0.3, -0.25) is 4.79 Å². The van der Waals surface area contributed by atoms with Gasteiger partial charge in [-0.1, -0.05) is 47.1 Å². The van der Waals surface area contributed by atoms with Gasteiger partial charge in [0.1, 0.15) is 5.75 Å². The first-order chi connectivity index (χ1) is 13.0. The predicted octanol–water partition coefficient (Wildman–Crippen LogP) is 3.82. The largest absolute Gasteiger partial charge is 0.481 e. The van der Waals surface area contributed by atoms with Gasteiger partial charge < -0.3 is 14.6 Å². The molecule has 2 aromatic carbocycles. The number of carbonyl (C=O) groups is 1. The minimum atomic E-state index is -0.631. The molecular weight excluding hydrogens is 366 g/mol. The number of halogens is 1. The molecule has 0 aliphatic heterocycles. The van der Waals surface area contributed by atoms with Crippen LogP contribution in [0.4, 0.5) is 0 Å². The predicted molar refractivity (Wildman–Crippen MR) is 103 cm³/mol. The van der Waals surface area contributed by atoms with Crippen molar-refractivity contribution >= 4 is 17.5 Å². The zero-order valence-electron chi connectivity index (χ0n) is 15.1. The van der Waals surface area contributed by atoms with Crippen LogP contribution in [0.1, 0.15) is 18.4 Å². The Hall–Kier alpha value is -2.86. The number of amides is 1. The van der Waals surface area contributed by atoms with Gasteiger partial charge in [0.25, 0.3) is 5.91 Å². The fraction of sp³-hybridized carbons (Fsp3) is 0.250. The van der Waals surface area contributed by atoms with Gasteiger partial charge in [0.2, 0.25) is 11.7 Å². The second-order valence-electron chi connectivity index (χ2n) is 6.09. The molecule has 0 aliphatic carbocycles. The highest BCUT2D eigenvalue weighted by molar-refractivity contribution is 6.31. The van der Waals surface area contributed by atoms with Gasteiger partial charge in [-0.25, -0.2) is 0 Å². The third kappa shape index (κ3) is 5.08. The normalized spacial score (nSPS) is 11.8. The van der Waals surface area contributed by atoms with Crippen molar-refractivity contribution in [1.29, 1.82) is 0 Å². The van der Waals surface area contributed by atoms with Crippen molar-refractivity contribution in [2.24, 2.45) is 0 Å². The van der Waals surface area contributed by atoms with Gasteiger partial charge in [-0.05, 0) is 37.6 Å². The lowest BCUT2D eigenvalue weighted by atomic mass is 10.2. The lowest BCUT2D eigenvalue weighted by Crippen LogP contribution is -2.37. The molecule has 0 radical (unpaired) electrons. The molecule has 27 heavy (non-hydrogen) atoms. The number of ether oxygens (including phenoxy) is 1. The molecule has 0 bridgehead atoms. The van der Waals surface area contributed by atoms with Crippen LogP contribution in [0.15, 0.2) is 53.1 Å². The van der Waals surface area contributed by atoms with Crippen molar-refractivity contribution < 1.29 is 14.1 Å². The lowest BCUT2D eigenvalue weighted by Gasteiger charge is -2.15. The molecule has 3 aromatic rings. The summed E-state index contributed by atoms with van der Waals surface area (Å²) in [5.74, 6) is 1.39. The van der Waals surface area contributed by atoms with Crippen LogP contribution in [0.3, 0.4) is 0 Å². The molecule has 140 valence electrons. The standard InChI is InChI=1S/C20H20ClN3O3/c1-13-12-16(8-9-17(13)21)26-14(2)20(25)22-11-10-18-23-19(24-27-18)15-6-4-3-5-7-15/h3-9,12,14H,10-11H2,1-2H3,(H,22,25)/t14-/m0/s1. The van der Waals surface area contributed by atoms with E-state index in [-0.39, 0.29) is 5.91 Å². The summed E-state index contributed by atoms with van der Waals surface area (Å²) < 4.78 is 10.9. The van der Waals surface area contributed by atoms with Crippen LogP contribution in [0, 0.1) is 6.92 Å². The molecule has 1 N–H and O–H groups in total. The van der Waals surface area contributed by atoms with Crippen LogP contribution in [-0.2, 0) is 11.2 Å². The number of hydrogen-bond acceptors (Lipinski definition) is 5. The van der Waals surface area contributed by atoms with Crippen molar-refractivity contribution in [2.45, 2.75) is 26.4 Å². The molecular formula is C20H20ClN3O3. The summed E-state index contributed by atoms with van der Waals surface area (Å²) in [5.41, 5.74) is 1.78. The number of rotatable bonds is 7. The van der Waals surface area contributed by atoms with E-state index in [1.54, 1.807) is 25.1 Å². The third-order valence-corrected chi connectivity index (χ3v) is 4.37. The van der Waals surface area contributed by atoms with Crippen LogP contribution in [-0.4, -0.2) is 28.7 Å². The van der Waals surface area contributed by atoms with E-state index < -0.39 is 6.10 Å². The number of aryl methyl sites for hydroxylation is 1. The minimum absolute atomic E-state index is 0.217. The molecule has 0 fully saturated rings. The van der Waals surface area contributed by atoms with E-state index in [1.807, 2.05) is 37.3 Å². The van der Waals surface area contributed by atoms with Gasteiger partial charge in [0.05, 0.1) is 0 Å². The fourth-order valence-electron chi connectivity index (χ4n) is 2.45. The molecule has 7 heteroatoms. The first kappa shape index (κ1) is 18.9. The van der Waals surface area contributed by atoms with Crippen molar-refractivity contribution in [3.8, 4) is 17.1 Å². The van der Waals surface area contributed by atoms with Crippen molar-refractivity contribution in [2.75, 3.05) is 6.54 Å². The molecule has 3 rings (SSSR count). The van der Waals surface area contributed by atoms with Crippen molar-refractivity contribution in [3.05, 3.63) is 65.0 Å². The van der Waals surface area contributed by atoms with E-state index in [0.717, 1.165) is 11.1 Å². The highest BCUT2D eigenvalue weighted by atomic mass is 35.5. The Bertz CT molecular complexity index is 912. The summed E-state index contributed by atoms with van der Waals surface area (Å²) >= 11 is 5.99. The van der Waals surface area contributed by atoms with E-state index in [0.29, 0.717) is 35.5 Å². The third-order valence-electron chi connectivity index (χ3n) is 3.95. The maximum Gasteiger partial charge on any atom is 0.260 e.